The van der Waals surface area contributed by atoms with E-state index in [1.165, 1.54) is 21.5 Å². The molecule has 0 N–H and O–H groups in total. The monoisotopic (exact) mass is 515 g/mol. The summed E-state index contributed by atoms with van der Waals surface area (Å²) in [5.74, 6) is 0. The highest BCUT2D eigenvalue weighted by Gasteiger charge is 2.50. The van der Waals surface area contributed by atoms with Gasteiger partial charge in [0.1, 0.15) is 6.61 Å². The van der Waals surface area contributed by atoms with Gasteiger partial charge in [-0.05, 0) is 44.9 Å². The molecule has 1 saturated heterocycles. The Kier molecular flexibility index (Phi) is 7.51. The van der Waals surface area contributed by atoms with Crippen molar-refractivity contribution in [2.24, 2.45) is 0 Å². The van der Waals surface area contributed by atoms with Crippen molar-refractivity contribution in [2.45, 2.75) is 51.3 Å². The van der Waals surface area contributed by atoms with Gasteiger partial charge in [0, 0.05) is 13.2 Å². The number of fused-ring (bicyclic) bond motifs is 1. The molecule has 194 valence electrons. The van der Waals surface area contributed by atoms with E-state index in [4.69, 9.17) is 13.9 Å². The van der Waals surface area contributed by atoms with Gasteiger partial charge in [-0.2, -0.15) is 0 Å². The fourth-order valence-electron chi connectivity index (χ4n) is 5.80. The summed E-state index contributed by atoms with van der Waals surface area (Å²) < 4.78 is 18.4. The minimum absolute atomic E-state index is 0.00719. The Hall–Kier alpha value is -2.93. The molecule has 2 aliphatic rings. The van der Waals surface area contributed by atoms with Gasteiger partial charge in [-0.1, -0.05) is 99.6 Å². The molecule has 1 amide bonds. The summed E-state index contributed by atoms with van der Waals surface area (Å²) >= 11 is 0. The third-order valence-electron chi connectivity index (χ3n) is 7.58. The van der Waals surface area contributed by atoms with Crippen LogP contribution in [0, 0.1) is 0 Å². The van der Waals surface area contributed by atoms with Crippen LogP contribution in [-0.2, 0) is 26.9 Å². The van der Waals surface area contributed by atoms with Gasteiger partial charge in [-0.3, -0.25) is 0 Å². The first-order valence-electron chi connectivity index (χ1n) is 13.3. The summed E-state index contributed by atoms with van der Waals surface area (Å²) in [7, 11) is -2.57. The fourth-order valence-corrected chi connectivity index (χ4v) is 10.4. The van der Waals surface area contributed by atoms with Crippen LogP contribution in [-0.4, -0.2) is 45.7 Å². The number of hydrogen-bond donors (Lipinski definition) is 0. The standard InChI is InChI=1S/C31H37NO4Si/c1-31(2,3)37(26-10-6-4-7-11-26,27-12-8-5-9-13-27)36-20-17-29-28-15-14-24(22-25(28)16-19-34-29)23-32-18-21-35-30(32)33/h4-15,22,29H,16-21,23H2,1-3H3/t29-/m0/s1. The average Bonchev–Trinajstić information content (AvgIpc) is 3.31. The first-order chi connectivity index (χ1) is 17.9. The Bertz CT molecular complexity index is 1170. The Labute approximate surface area is 221 Å². The molecule has 0 spiro atoms. The van der Waals surface area contributed by atoms with Crippen molar-refractivity contribution in [3.05, 3.63) is 95.6 Å². The molecule has 2 heterocycles. The zero-order valence-electron chi connectivity index (χ0n) is 22.1. The van der Waals surface area contributed by atoms with Gasteiger partial charge in [0.2, 0.25) is 0 Å². The number of carbonyl (C=O) groups is 1. The van der Waals surface area contributed by atoms with Crippen molar-refractivity contribution in [3.63, 3.8) is 0 Å². The van der Waals surface area contributed by atoms with Crippen LogP contribution in [0.3, 0.4) is 0 Å². The van der Waals surface area contributed by atoms with Crippen molar-refractivity contribution < 1.29 is 18.7 Å². The number of nitrogens with zero attached hydrogens (tertiary/aromatic N) is 1. The van der Waals surface area contributed by atoms with E-state index in [2.05, 4.69) is 99.6 Å². The molecule has 0 bridgehead atoms. The highest BCUT2D eigenvalue weighted by Crippen LogP contribution is 2.38. The lowest BCUT2D eigenvalue weighted by molar-refractivity contribution is 0.0267. The van der Waals surface area contributed by atoms with Crippen LogP contribution >= 0.6 is 0 Å². The maximum atomic E-state index is 11.9. The summed E-state index contributed by atoms with van der Waals surface area (Å²) in [5.41, 5.74) is 3.69. The zero-order valence-corrected chi connectivity index (χ0v) is 23.1. The maximum Gasteiger partial charge on any atom is 0.410 e. The van der Waals surface area contributed by atoms with E-state index in [1.807, 2.05) is 0 Å². The van der Waals surface area contributed by atoms with Crippen LogP contribution in [0.15, 0.2) is 78.9 Å². The number of amides is 1. The summed E-state index contributed by atoms with van der Waals surface area (Å²) in [6.07, 6.45) is 1.47. The third-order valence-corrected chi connectivity index (χ3v) is 12.6. The van der Waals surface area contributed by atoms with E-state index in [-0.39, 0.29) is 17.2 Å². The molecule has 3 aromatic carbocycles. The quantitative estimate of drug-likeness (QED) is 0.386. The van der Waals surface area contributed by atoms with E-state index in [1.54, 1.807) is 4.90 Å². The lowest BCUT2D eigenvalue weighted by Gasteiger charge is -2.43. The lowest BCUT2D eigenvalue weighted by Crippen LogP contribution is -2.66. The van der Waals surface area contributed by atoms with E-state index < -0.39 is 8.32 Å². The fraction of sp³-hybridized carbons (Fsp3) is 0.387. The normalized spacial score (nSPS) is 18.0. The van der Waals surface area contributed by atoms with Crippen LogP contribution in [0.4, 0.5) is 4.79 Å². The second kappa shape index (κ2) is 10.8. The molecular weight excluding hydrogens is 478 g/mol. The topological polar surface area (TPSA) is 48.0 Å². The summed E-state index contributed by atoms with van der Waals surface area (Å²) in [6.45, 7) is 9.97. The van der Waals surface area contributed by atoms with Crippen LogP contribution in [0.2, 0.25) is 5.04 Å². The molecule has 5 nitrogen and oxygen atoms in total. The summed E-state index contributed by atoms with van der Waals surface area (Å²) in [5, 5.41) is 2.54. The lowest BCUT2D eigenvalue weighted by atomic mass is 9.94. The minimum Gasteiger partial charge on any atom is -0.448 e. The number of cyclic esters (lactones) is 1. The van der Waals surface area contributed by atoms with Crippen LogP contribution in [0.1, 0.15) is 50.0 Å². The minimum atomic E-state index is -2.57. The van der Waals surface area contributed by atoms with Crippen LogP contribution in [0.25, 0.3) is 0 Å². The summed E-state index contributed by atoms with van der Waals surface area (Å²) in [4.78, 5) is 13.6. The first-order valence-corrected chi connectivity index (χ1v) is 15.2. The van der Waals surface area contributed by atoms with Gasteiger partial charge >= 0.3 is 6.09 Å². The Morgan fingerprint density at radius 1 is 0.946 bits per heavy atom. The molecule has 2 aliphatic heterocycles. The number of hydrogen-bond acceptors (Lipinski definition) is 4. The molecule has 0 radical (unpaired) electrons. The molecule has 1 fully saturated rings. The molecular formula is C31H37NO4Si. The van der Waals surface area contributed by atoms with Gasteiger partial charge in [0.25, 0.3) is 8.32 Å². The van der Waals surface area contributed by atoms with Crippen molar-refractivity contribution in [1.29, 1.82) is 0 Å². The second-order valence-corrected chi connectivity index (χ2v) is 15.3. The Balaban J connectivity index is 1.36. The highest BCUT2D eigenvalue weighted by molar-refractivity contribution is 6.99. The van der Waals surface area contributed by atoms with E-state index >= 15 is 0 Å². The molecule has 0 aliphatic carbocycles. The van der Waals surface area contributed by atoms with Crippen LogP contribution < -0.4 is 10.4 Å². The van der Waals surface area contributed by atoms with Gasteiger partial charge in [0.05, 0.1) is 19.3 Å². The zero-order chi connectivity index (χ0) is 25.9. The molecule has 0 saturated carbocycles. The van der Waals surface area contributed by atoms with Crippen molar-refractivity contribution >= 4 is 24.8 Å². The predicted molar refractivity (Wildman–Crippen MR) is 149 cm³/mol. The number of rotatable bonds is 8. The third kappa shape index (κ3) is 5.24. The molecule has 0 aromatic heterocycles. The molecule has 0 unspecified atom stereocenters. The number of ether oxygens (including phenoxy) is 2. The molecule has 6 heteroatoms. The van der Waals surface area contributed by atoms with E-state index in [9.17, 15) is 4.79 Å². The van der Waals surface area contributed by atoms with Gasteiger partial charge in [-0.15, -0.1) is 0 Å². The molecule has 1 atom stereocenters. The van der Waals surface area contributed by atoms with Crippen LogP contribution in [0.5, 0.6) is 0 Å². The predicted octanol–water partition coefficient (Wildman–Crippen LogP) is 5.22. The smallest absolute Gasteiger partial charge is 0.410 e. The van der Waals surface area contributed by atoms with Gasteiger partial charge in [0.15, 0.2) is 0 Å². The summed E-state index contributed by atoms with van der Waals surface area (Å²) in [6, 6.07) is 28.1. The molecule has 37 heavy (non-hydrogen) atoms. The number of benzene rings is 3. The number of carbonyl (C=O) groups excluding carboxylic acids is 1. The average molecular weight is 516 g/mol. The SMILES string of the molecule is CC(C)(C)[Si](OCC[C@@H]1OCCc2cc(CN3CCOC3=O)ccc21)(c1ccccc1)c1ccccc1. The second-order valence-electron chi connectivity index (χ2n) is 11.0. The van der Waals surface area contributed by atoms with E-state index in [0.717, 1.165) is 18.4 Å². The van der Waals surface area contributed by atoms with Gasteiger partial charge < -0.3 is 18.8 Å². The highest BCUT2D eigenvalue weighted by atomic mass is 28.4. The largest absolute Gasteiger partial charge is 0.448 e. The Morgan fingerprint density at radius 3 is 2.22 bits per heavy atom. The Morgan fingerprint density at radius 2 is 1.62 bits per heavy atom. The van der Waals surface area contributed by atoms with Crippen molar-refractivity contribution in [1.82, 2.24) is 4.90 Å². The van der Waals surface area contributed by atoms with Gasteiger partial charge in [-0.25, -0.2) is 4.79 Å². The first kappa shape index (κ1) is 25.7. The van der Waals surface area contributed by atoms with Crippen molar-refractivity contribution in [3.8, 4) is 0 Å². The molecule has 5 rings (SSSR count). The van der Waals surface area contributed by atoms with Crippen molar-refractivity contribution in [2.75, 3.05) is 26.4 Å². The maximum absolute atomic E-state index is 11.9. The molecule has 3 aromatic rings. The van der Waals surface area contributed by atoms with E-state index in [0.29, 0.717) is 32.9 Å².